The third kappa shape index (κ3) is 5.50. The van der Waals surface area contributed by atoms with Gasteiger partial charge >= 0.3 is 0 Å². The average Bonchev–Trinajstić information content (AvgIpc) is 3.32. The van der Waals surface area contributed by atoms with Crippen LogP contribution in [0.25, 0.3) is 75.4 Å². The van der Waals surface area contributed by atoms with E-state index in [4.69, 9.17) is 0 Å². The molecule has 12 rings (SSSR count). The fourth-order valence-corrected chi connectivity index (χ4v) is 9.61. The molecule has 12 aromatic carbocycles. The minimum absolute atomic E-state index is 1.12. The highest BCUT2D eigenvalue weighted by Crippen LogP contribution is 2.47. The molecule has 2 nitrogen and oxygen atoms in total. The number of nitrogens with zero attached hydrogens (tertiary/aromatic N) is 2. The number of benzene rings is 12. The molecular weight excluding hydrogens is 725 g/mol. The largest absolute Gasteiger partial charge is 0.310 e. The first-order valence-corrected chi connectivity index (χ1v) is 20.7. The second-order valence-electron chi connectivity index (χ2n) is 15.7. The molecule has 0 unspecified atom stereocenters. The van der Waals surface area contributed by atoms with E-state index in [2.05, 4.69) is 240 Å². The molecule has 0 spiro atoms. The summed E-state index contributed by atoms with van der Waals surface area (Å²) < 4.78 is 0. The quantitative estimate of drug-likeness (QED) is 0.156. The molecule has 60 heavy (non-hydrogen) atoms. The van der Waals surface area contributed by atoms with Crippen molar-refractivity contribution in [1.29, 1.82) is 0 Å². The summed E-state index contributed by atoms with van der Waals surface area (Å²) in [5.74, 6) is 0. The van der Waals surface area contributed by atoms with E-state index in [0.29, 0.717) is 0 Å². The minimum Gasteiger partial charge on any atom is -0.310 e. The van der Waals surface area contributed by atoms with Gasteiger partial charge in [0, 0.05) is 34.1 Å². The fourth-order valence-electron chi connectivity index (χ4n) is 9.61. The van der Waals surface area contributed by atoms with Gasteiger partial charge in [-0.15, -0.1) is 0 Å². The number of hydrogen-bond acceptors (Lipinski definition) is 2. The van der Waals surface area contributed by atoms with Gasteiger partial charge in [0.2, 0.25) is 0 Å². The van der Waals surface area contributed by atoms with Gasteiger partial charge in [-0.25, -0.2) is 0 Å². The van der Waals surface area contributed by atoms with Crippen molar-refractivity contribution < 1.29 is 0 Å². The highest BCUT2D eigenvalue weighted by Gasteiger charge is 2.21. The first-order valence-electron chi connectivity index (χ1n) is 20.7. The van der Waals surface area contributed by atoms with Crippen LogP contribution in [0.3, 0.4) is 0 Å². The molecule has 0 saturated carbocycles. The predicted octanol–water partition coefficient (Wildman–Crippen LogP) is 16.7. The highest BCUT2D eigenvalue weighted by molar-refractivity contribution is 6.39. The van der Waals surface area contributed by atoms with E-state index >= 15 is 0 Å². The van der Waals surface area contributed by atoms with Crippen molar-refractivity contribution in [3.63, 3.8) is 0 Å². The van der Waals surface area contributed by atoms with Crippen LogP contribution in [0.4, 0.5) is 34.1 Å². The van der Waals surface area contributed by atoms with Crippen molar-refractivity contribution in [3.05, 3.63) is 231 Å². The Morgan fingerprint density at radius 3 is 0.933 bits per heavy atom. The smallest absolute Gasteiger partial charge is 0.0468 e. The second-order valence-corrected chi connectivity index (χ2v) is 15.7. The van der Waals surface area contributed by atoms with Gasteiger partial charge in [-0.1, -0.05) is 158 Å². The van der Waals surface area contributed by atoms with E-state index in [9.17, 15) is 0 Å². The molecule has 0 heterocycles. The number of para-hydroxylation sites is 2. The minimum atomic E-state index is 1.12. The predicted molar refractivity (Wildman–Crippen MR) is 258 cm³/mol. The van der Waals surface area contributed by atoms with Crippen molar-refractivity contribution in [3.8, 4) is 0 Å². The van der Waals surface area contributed by atoms with Crippen LogP contribution in [0.1, 0.15) is 0 Å². The van der Waals surface area contributed by atoms with Gasteiger partial charge in [-0.05, 0) is 148 Å². The second kappa shape index (κ2) is 13.9. The van der Waals surface area contributed by atoms with Crippen LogP contribution in [0.5, 0.6) is 0 Å². The average molecular weight is 763 g/mol. The molecule has 0 aliphatic carbocycles. The van der Waals surface area contributed by atoms with Crippen LogP contribution in [-0.2, 0) is 0 Å². The highest BCUT2D eigenvalue weighted by atomic mass is 15.1. The fraction of sp³-hybridized carbons (Fsp3) is 0. The van der Waals surface area contributed by atoms with Crippen LogP contribution in [0, 0.1) is 0 Å². The molecule has 0 N–H and O–H groups in total. The van der Waals surface area contributed by atoms with Crippen LogP contribution in [0.15, 0.2) is 231 Å². The molecule has 280 valence electrons. The SMILES string of the molecule is c1ccc(N(c2ccc3ccccc3c2)c2ccc3c(c2)c2ccccc2c2c4ccc(N(c5ccccc5)c5ccc6ccccc6c5)cc4c4ccccc4c32)cc1. The molecule has 2 heteroatoms. The number of hydrogen-bond donors (Lipinski definition) is 0. The van der Waals surface area contributed by atoms with E-state index in [-0.39, 0.29) is 0 Å². The number of rotatable bonds is 6. The first-order chi connectivity index (χ1) is 29.8. The lowest BCUT2D eigenvalue weighted by Crippen LogP contribution is -2.10. The van der Waals surface area contributed by atoms with Crippen LogP contribution >= 0.6 is 0 Å². The van der Waals surface area contributed by atoms with E-state index < -0.39 is 0 Å². The van der Waals surface area contributed by atoms with Gasteiger partial charge in [-0.2, -0.15) is 0 Å². The van der Waals surface area contributed by atoms with Crippen molar-refractivity contribution in [2.24, 2.45) is 0 Å². The molecule has 0 saturated heterocycles. The molecule has 0 bridgehead atoms. The third-order valence-corrected chi connectivity index (χ3v) is 12.3. The van der Waals surface area contributed by atoms with Gasteiger partial charge in [-0.3, -0.25) is 0 Å². The van der Waals surface area contributed by atoms with Crippen LogP contribution < -0.4 is 9.80 Å². The van der Waals surface area contributed by atoms with Gasteiger partial charge in [0.25, 0.3) is 0 Å². The molecule has 12 aromatic rings. The Morgan fingerprint density at radius 1 is 0.183 bits per heavy atom. The summed E-state index contributed by atoms with van der Waals surface area (Å²) in [7, 11) is 0. The molecule has 0 atom stereocenters. The maximum Gasteiger partial charge on any atom is 0.0468 e. The molecule has 0 aliphatic heterocycles. The van der Waals surface area contributed by atoms with Crippen LogP contribution in [-0.4, -0.2) is 0 Å². The van der Waals surface area contributed by atoms with Crippen molar-refractivity contribution in [1.82, 2.24) is 0 Å². The summed E-state index contributed by atoms with van der Waals surface area (Å²) in [6.07, 6.45) is 0. The van der Waals surface area contributed by atoms with E-state index in [0.717, 1.165) is 34.1 Å². The lowest BCUT2D eigenvalue weighted by Gasteiger charge is -2.27. The van der Waals surface area contributed by atoms with Crippen molar-refractivity contribution in [2.45, 2.75) is 0 Å². The summed E-state index contributed by atoms with van der Waals surface area (Å²) in [4.78, 5) is 4.78. The Hall–Kier alpha value is -7.94. The van der Waals surface area contributed by atoms with Gasteiger partial charge in [0.1, 0.15) is 0 Å². The van der Waals surface area contributed by atoms with Gasteiger partial charge in [0.15, 0.2) is 0 Å². The Balaban J connectivity index is 1.12. The lowest BCUT2D eigenvalue weighted by atomic mass is 9.87. The maximum atomic E-state index is 2.41. The Bertz CT molecular complexity index is 3370. The molecule has 0 amide bonds. The summed E-state index contributed by atoms with van der Waals surface area (Å²) in [5.41, 5.74) is 6.75. The van der Waals surface area contributed by atoms with Gasteiger partial charge in [0.05, 0.1) is 0 Å². The molecule has 0 aliphatic rings. The number of fused-ring (bicyclic) bond motifs is 13. The zero-order chi connectivity index (χ0) is 39.6. The lowest BCUT2D eigenvalue weighted by molar-refractivity contribution is 1.29. The van der Waals surface area contributed by atoms with E-state index in [1.807, 2.05) is 0 Å². The Kier molecular flexibility index (Phi) is 7.89. The third-order valence-electron chi connectivity index (χ3n) is 12.3. The standard InChI is InChI=1S/C58H38N2/c1-3-19-43(20-4-1)59(45-29-27-39-15-7-9-17-41(39)35-45)47-31-33-53-55(37-47)49-23-11-13-25-51(49)58-54-34-32-48(38-56(54)50-24-12-14-26-52(50)57(53)58)60(44-21-5-2-6-22-44)46-30-28-40-16-8-10-18-42(40)36-46/h1-38H. The molecule has 0 fully saturated rings. The normalized spacial score (nSPS) is 11.7. The molecule has 0 aromatic heterocycles. The number of anilines is 6. The van der Waals surface area contributed by atoms with Gasteiger partial charge < -0.3 is 9.80 Å². The summed E-state index contributed by atoms with van der Waals surface area (Å²) >= 11 is 0. The maximum absolute atomic E-state index is 2.41. The summed E-state index contributed by atoms with van der Waals surface area (Å²) in [6, 6.07) is 84.3. The zero-order valence-electron chi connectivity index (χ0n) is 32.8. The Labute approximate surface area is 348 Å². The van der Waals surface area contributed by atoms with Crippen LogP contribution in [0.2, 0.25) is 0 Å². The zero-order valence-corrected chi connectivity index (χ0v) is 32.8. The first kappa shape index (κ1) is 34.1. The van der Waals surface area contributed by atoms with E-state index in [1.54, 1.807) is 0 Å². The van der Waals surface area contributed by atoms with Crippen molar-refractivity contribution >= 4 is 110 Å². The monoisotopic (exact) mass is 762 g/mol. The van der Waals surface area contributed by atoms with Crippen molar-refractivity contribution in [2.75, 3.05) is 9.80 Å². The Morgan fingerprint density at radius 2 is 0.500 bits per heavy atom. The summed E-state index contributed by atoms with van der Waals surface area (Å²) in [6.45, 7) is 0. The molecular formula is C58H38N2. The van der Waals surface area contributed by atoms with E-state index in [1.165, 1.54) is 75.4 Å². The topological polar surface area (TPSA) is 6.48 Å². The summed E-state index contributed by atoms with van der Waals surface area (Å²) in [5, 5.41) is 17.5. The molecule has 0 radical (unpaired) electrons.